The zero-order valence-corrected chi connectivity index (χ0v) is 10.5. The van der Waals surface area contributed by atoms with Crippen LogP contribution in [0.25, 0.3) is 11.4 Å². The molecule has 90 valence electrons. The number of nitrogens with zero attached hydrogens (tertiary/aromatic N) is 2. The highest BCUT2D eigenvalue weighted by molar-refractivity contribution is 5.58. The summed E-state index contributed by atoms with van der Waals surface area (Å²) in [5.41, 5.74) is 3.33. The lowest BCUT2D eigenvalue weighted by atomic mass is 10.1. The van der Waals surface area contributed by atoms with E-state index in [2.05, 4.69) is 41.0 Å². The van der Waals surface area contributed by atoms with Gasteiger partial charge in [-0.25, -0.2) is 4.98 Å². The standard InChI is InChI=1S/C13H18N4/c1-9(2)15-6-11-7-16-13(17-11)12-8-14-5-4-10(12)3/h4-5,7-9,15H,6H2,1-3H3,(H,16,17). The maximum atomic E-state index is 4.39. The lowest BCUT2D eigenvalue weighted by molar-refractivity contribution is 0.583. The first-order chi connectivity index (χ1) is 8.16. The predicted octanol–water partition coefficient (Wildman–Crippen LogP) is 2.28. The molecule has 0 atom stereocenters. The van der Waals surface area contributed by atoms with E-state index in [4.69, 9.17) is 0 Å². The Hall–Kier alpha value is -1.68. The number of hydrogen-bond donors (Lipinski definition) is 2. The van der Waals surface area contributed by atoms with Crippen molar-refractivity contribution in [3.8, 4) is 11.4 Å². The van der Waals surface area contributed by atoms with Crippen molar-refractivity contribution in [2.75, 3.05) is 0 Å². The Balaban J connectivity index is 2.16. The third-order valence-corrected chi connectivity index (χ3v) is 2.62. The Morgan fingerprint density at radius 2 is 2.18 bits per heavy atom. The fourth-order valence-electron chi connectivity index (χ4n) is 1.61. The molecular formula is C13H18N4. The van der Waals surface area contributed by atoms with Crippen molar-refractivity contribution in [1.29, 1.82) is 0 Å². The second-order valence-corrected chi connectivity index (χ2v) is 4.48. The first-order valence-electron chi connectivity index (χ1n) is 5.85. The van der Waals surface area contributed by atoms with Crippen LogP contribution in [0.3, 0.4) is 0 Å². The van der Waals surface area contributed by atoms with Crippen molar-refractivity contribution in [3.63, 3.8) is 0 Å². The van der Waals surface area contributed by atoms with Crippen molar-refractivity contribution in [2.24, 2.45) is 0 Å². The summed E-state index contributed by atoms with van der Waals surface area (Å²) in [6.45, 7) is 7.13. The number of aryl methyl sites for hydroxylation is 1. The SMILES string of the molecule is Cc1ccncc1-c1ncc(CNC(C)C)[nH]1. The molecule has 2 aromatic rings. The Labute approximate surface area is 102 Å². The highest BCUT2D eigenvalue weighted by atomic mass is 15.0. The fourth-order valence-corrected chi connectivity index (χ4v) is 1.61. The van der Waals surface area contributed by atoms with Crippen LogP contribution in [0, 0.1) is 6.92 Å². The highest BCUT2D eigenvalue weighted by Crippen LogP contribution is 2.18. The summed E-state index contributed by atoms with van der Waals surface area (Å²) in [5, 5.41) is 3.35. The number of hydrogen-bond acceptors (Lipinski definition) is 3. The molecule has 2 heterocycles. The summed E-state index contributed by atoms with van der Waals surface area (Å²) < 4.78 is 0. The van der Waals surface area contributed by atoms with Crippen molar-refractivity contribution in [1.82, 2.24) is 20.3 Å². The van der Waals surface area contributed by atoms with Gasteiger partial charge in [-0.3, -0.25) is 4.98 Å². The maximum absolute atomic E-state index is 4.39. The predicted molar refractivity (Wildman–Crippen MR) is 68.5 cm³/mol. The summed E-state index contributed by atoms with van der Waals surface area (Å²) in [6.07, 6.45) is 5.51. The lowest BCUT2D eigenvalue weighted by Gasteiger charge is -2.05. The van der Waals surface area contributed by atoms with Gasteiger partial charge in [0.25, 0.3) is 0 Å². The molecule has 0 fully saturated rings. The van der Waals surface area contributed by atoms with E-state index in [-0.39, 0.29) is 0 Å². The van der Waals surface area contributed by atoms with Gasteiger partial charge in [0.05, 0.1) is 0 Å². The molecule has 17 heavy (non-hydrogen) atoms. The molecule has 0 radical (unpaired) electrons. The maximum Gasteiger partial charge on any atom is 0.139 e. The topological polar surface area (TPSA) is 53.6 Å². The Bertz CT molecular complexity index is 488. The zero-order chi connectivity index (χ0) is 12.3. The first-order valence-corrected chi connectivity index (χ1v) is 5.85. The molecule has 0 saturated carbocycles. The largest absolute Gasteiger partial charge is 0.341 e. The first kappa shape index (κ1) is 11.8. The number of aromatic amines is 1. The summed E-state index contributed by atoms with van der Waals surface area (Å²) in [4.78, 5) is 11.8. The number of imidazole rings is 1. The van der Waals surface area contributed by atoms with E-state index in [0.717, 1.165) is 23.6 Å². The van der Waals surface area contributed by atoms with Gasteiger partial charge in [0.1, 0.15) is 5.82 Å². The minimum atomic E-state index is 0.474. The van der Waals surface area contributed by atoms with Gasteiger partial charge in [0.2, 0.25) is 0 Å². The number of pyridine rings is 1. The number of nitrogens with one attached hydrogen (secondary N) is 2. The Morgan fingerprint density at radius 1 is 1.35 bits per heavy atom. The van der Waals surface area contributed by atoms with Crippen molar-refractivity contribution < 1.29 is 0 Å². The third kappa shape index (κ3) is 2.91. The van der Waals surface area contributed by atoms with Gasteiger partial charge in [0, 0.05) is 42.4 Å². The van der Waals surface area contributed by atoms with Gasteiger partial charge in [-0.1, -0.05) is 13.8 Å². The van der Waals surface area contributed by atoms with Crippen LogP contribution in [-0.4, -0.2) is 21.0 Å². The van der Waals surface area contributed by atoms with Crippen LogP contribution in [0.5, 0.6) is 0 Å². The van der Waals surface area contributed by atoms with Gasteiger partial charge < -0.3 is 10.3 Å². The number of rotatable bonds is 4. The molecule has 0 amide bonds. The van der Waals surface area contributed by atoms with E-state index in [1.54, 1.807) is 6.20 Å². The minimum Gasteiger partial charge on any atom is -0.341 e. The Morgan fingerprint density at radius 3 is 2.88 bits per heavy atom. The van der Waals surface area contributed by atoms with Crippen LogP contribution in [0.1, 0.15) is 25.1 Å². The quantitative estimate of drug-likeness (QED) is 0.847. The minimum absolute atomic E-state index is 0.474. The zero-order valence-electron chi connectivity index (χ0n) is 10.5. The molecule has 0 aliphatic rings. The summed E-state index contributed by atoms with van der Waals surface area (Å²) in [7, 11) is 0. The van der Waals surface area contributed by atoms with Gasteiger partial charge in [-0.05, 0) is 18.6 Å². The summed E-state index contributed by atoms with van der Waals surface area (Å²) >= 11 is 0. The van der Waals surface area contributed by atoms with Crippen molar-refractivity contribution in [3.05, 3.63) is 35.9 Å². The van der Waals surface area contributed by atoms with Gasteiger partial charge in [-0.15, -0.1) is 0 Å². The van der Waals surface area contributed by atoms with Gasteiger partial charge in [-0.2, -0.15) is 0 Å². The average molecular weight is 230 g/mol. The lowest BCUT2D eigenvalue weighted by Crippen LogP contribution is -2.21. The molecule has 0 aromatic carbocycles. The van der Waals surface area contributed by atoms with Crippen LogP contribution in [0.4, 0.5) is 0 Å². The number of H-pyrrole nitrogens is 1. The van der Waals surface area contributed by atoms with Crippen molar-refractivity contribution >= 4 is 0 Å². The molecule has 0 aliphatic heterocycles. The molecule has 0 spiro atoms. The number of aromatic nitrogens is 3. The molecule has 0 aliphatic carbocycles. The van der Waals surface area contributed by atoms with Crippen LogP contribution in [0.2, 0.25) is 0 Å². The highest BCUT2D eigenvalue weighted by Gasteiger charge is 2.06. The molecule has 2 rings (SSSR count). The van der Waals surface area contributed by atoms with E-state index in [0.29, 0.717) is 6.04 Å². The van der Waals surface area contributed by atoms with E-state index < -0.39 is 0 Å². The second-order valence-electron chi connectivity index (χ2n) is 4.48. The molecule has 0 bridgehead atoms. The van der Waals surface area contributed by atoms with Crippen LogP contribution in [-0.2, 0) is 6.54 Å². The van der Waals surface area contributed by atoms with Crippen LogP contribution >= 0.6 is 0 Å². The normalized spacial score (nSPS) is 11.1. The summed E-state index contributed by atoms with van der Waals surface area (Å²) in [6, 6.07) is 2.46. The molecule has 0 unspecified atom stereocenters. The molecule has 2 N–H and O–H groups in total. The molecular weight excluding hydrogens is 212 g/mol. The average Bonchev–Trinajstić information content (AvgIpc) is 2.75. The van der Waals surface area contributed by atoms with E-state index >= 15 is 0 Å². The van der Waals surface area contributed by atoms with Crippen molar-refractivity contribution in [2.45, 2.75) is 33.4 Å². The second kappa shape index (κ2) is 5.10. The molecule has 0 saturated heterocycles. The third-order valence-electron chi connectivity index (χ3n) is 2.62. The fraction of sp³-hybridized carbons (Fsp3) is 0.385. The van der Waals surface area contributed by atoms with Gasteiger partial charge >= 0.3 is 0 Å². The van der Waals surface area contributed by atoms with Gasteiger partial charge in [0.15, 0.2) is 0 Å². The molecule has 4 nitrogen and oxygen atoms in total. The monoisotopic (exact) mass is 230 g/mol. The van der Waals surface area contributed by atoms with E-state index in [9.17, 15) is 0 Å². The smallest absolute Gasteiger partial charge is 0.139 e. The Kier molecular flexibility index (Phi) is 3.54. The summed E-state index contributed by atoms with van der Waals surface area (Å²) in [5.74, 6) is 0.885. The van der Waals surface area contributed by atoms with E-state index in [1.165, 1.54) is 5.56 Å². The van der Waals surface area contributed by atoms with E-state index in [1.807, 2.05) is 18.5 Å². The van der Waals surface area contributed by atoms with Crippen LogP contribution < -0.4 is 5.32 Å². The van der Waals surface area contributed by atoms with Crippen LogP contribution in [0.15, 0.2) is 24.7 Å². The molecule has 2 aromatic heterocycles. The molecule has 4 heteroatoms.